The second-order valence-corrected chi connectivity index (χ2v) is 3.11. The molecule has 1 aromatic carbocycles. The lowest BCUT2D eigenvalue weighted by Crippen LogP contribution is -2.05. The predicted molar refractivity (Wildman–Crippen MR) is 54.4 cm³/mol. The monoisotopic (exact) mass is 208 g/mol. The molecule has 0 aliphatic heterocycles. The van der Waals surface area contributed by atoms with Crippen molar-refractivity contribution in [1.82, 2.24) is 0 Å². The Morgan fingerprint density at radius 2 is 2.27 bits per heavy atom. The van der Waals surface area contributed by atoms with Gasteiger partial charge in [0.15, 0.2) is 0 Å². The van der Waals surface area contributed by atoms with E-state index in [1.54, 1.807) is 0 Å². The number of halogens is 1. The fourth-order valence-electron chi connectivity index (χ4n) is 1.16. The van der Waals surface area contributed by atoms with Gasteiger partial charge in [0.25, 0.3) is 0 Å². The molecule has 0 spiro atoms. The molecule has 0 saturated heterocycles. The molecule has 0 aromatic heterocycles. The van der Waals surface area contributed by atoms with Crippen LogP contribution in [0.15, 0.2) is 18.2 Å². The van der Waals surface area contributed by atoms with Crippen LogP contribution in [0, 0.1) is 17.1 Å². The van der Waals surface area contributed by atoms with Crippen LogP contribution in [0.1, 0.15) is 17.5 Å². The first kappa shape index (κ1) is 11.6. The molecule has 0 heterocycles. The molecule has 0 saturated carbocycles. The molecular weight excluding hydrogens is 195 g/mol. The molecule has 0 aliphatic rings. The summed E-state index contributed by atoms with van der Waals surface area (Å²) >= 11 is 0. The smallest absolute Gasteiger partial charge is 0.123 e. The zero-order chi connectivity index (χ0) is 11.1. The highest BCUT2D eigenvalue weighted by molar-refractivity contribution is 5.37. The van der Waals surface area contributed by atoms with E-state index >= 15 is 0 Å². The minimum Gasteiger partial charge on any atom is -0.377 e. The lowest BCUT2D eigenvalue weighted by molar-refractivity contribution is 0.119. The van der Waals surface area contributed by atoms with E-state index in [9.17, 15) is 4.39 Å². The zero-order valence-corrected chi connectivity index (χ0v) is 8.37. The Labute approximate surface area is 88.3 Å². The molecule has 2 N–H and O–H groups in total. The zero-order valence-electron chi connectivity index (χ0n) is 8.37. The second-order valence-electron chi connectivity index (χ2n) is 3.11. The van der Waals surface area contributed by atoms with Crippen molar-refractivity contribution in [1.29, 1.82) is 5.26 Å². The number of nitrogens with zero attached hydrogens (tertiary/aromatic N) is 1. The van der Waals surface area contributed by atoms with Crippen LogP contribution >= 0.6 is 0 Å². The van der Waals surface area contributed by atoms with Gasteiger partial charge < -0.3 is 10.5 Å². The van der Waals surface area contributed by atoms with Crippen LogP contribution in [0.3, 0.4) is 0 Å². The normalized spacial score (nSPS) is 9.93. The predicted octanol–water partition coefficient (Wildman–Crippen LogP) is 1.56. The highest BCUT2D eigenvalue weighted by atomic mass is 19.1. The van der Waals surface area contributed by atoms with Gasteiger partial charge in [0.05, 0.1) is 18.2 Å². The van der Waals surface area contributed by atoms with Crippen LogP contribution in [-0.4, -0.2) is 13.2 Å². The summed E-state index contributed by atoms with van der Waals surface area (Å²) in [6, 6.07) is 6.03. The first-order chi connectivity index (χ1) is 7.27. The number of rotatable bonds is 5. The number of ether oxygens (including phenoxy) is 1. The summed E-state index contributed by atoms with van der Waals surface area (Å²) in [5, 5.41) is 8.76. The van der Waals surface area contributed by atoms with Gasteiger partial charge in [0.1, 0.15) is 5.82 Å². The van der Waals surface area contributed by atoms with E-state index in [1.165, 1.54) is 18.2 Å². The summed E-state index contributed by atoms with van der Waals surface area (Å²) < 4.78 is 18.1. The lowest BCUT2D eigenvalue weighted by Gasteiger charge is -2.05. The Hall–Kier alpha value is -1.44. The van der Waals surface area contributed by atoms with E-state index in [0.29, 0.717) is 24.3 Å². The molecule has 0 fully saturated rings. The van der Waals surface area contributed by atoms with Gasteiger partial charge in [0, 0.05) is 6.61 Å². The van der Waals surface area contributed by atoms with Crippen molar-refractivity contribution in [3.63, 3.8) is 0 Å². The van der Waals surface area contributed by atoms with Crippen LogP contribution < -0.4 is 5.73 Å². The summed E-state index contributed by atoms with van der Waals surface area (Å²) in [5.74, 6) is -0.355. The molecular formula is C11H13FN2O. The standard InChI is InChI=1S/C11H13FN2O/c12-11-3-2-9(7-14)10(6-11)8-15-5-1-4-13/h2-3,6H,1,4-5,8,13H2. The van der Waals surface area contributed by atoms with Crippen molar-refractivity contribution in [2.24, 2.45) is 5.73 Å². The Balaban J connectivity index is 2.59. The Kier molecular flexibility index (Phi) is 4.75. The molecule has 0 bridgehead atoms. The Bertz CT molecular complexity index is 360. The van der Waals surface area contributed by atoms with Gasteiger partial charge in [-0.15, -0.1) is 0 Å². The Morgan fingerprint density at radius 1 is 1.47 bits per heavy atom. The fourth-order valence-corrected chi connectivity index (χ4v) is 1.16. The minimum atomic E-state index is -0.355. The van der Waals surface area contributed by atoms with Crippen molar-refractivity contribution in [3.05, 3.63) is 35.1 Å². The van der Waals surface area contributed by atoms with Crippen LogP contribution in [0.25, 0.3) is 0 Å². The van der Waals surface area contributed by atoms with Crippen LogP contribution in [0.4, 0.5) is 4.39 Å². The highest BCUT2D eigenvalue weighted by Crippen LogP contribution is 2.11. The molecule has 0 aliphatic carbocycles. The van der Waals surface area contributed by atoms with Crippen LogP contribution in [0.5, 0.6) is 0 Å². The molecule has 15 heavy (non-hydrogen) atoms. The van der Waals surface area contributed by atoms with Gasteiger partial charge in [-0.25, -0.2) is 4.39 Å². The molecule has 80 valence electrons. The van der Waals surface area contributed by atoms with E-state index < -0.39 is 0 Å². The van der Waals surface area contributed by atoms with Gasteiger partial charge >= 0.3 is 0 Å². The maximum absolute atomic E-state index is 12.9. The van der Waals surface area contributed by atoms with Gasteiger partial charge in [-0.2, -0.15) is 5.26 Å². The van der Waals surface area contributed by atoms with E-state index in [1.807, 2.05) is 6.07 Å². The van der Waals surface area contributed by atoms with E-state index in [2.05, 4.69) is 0 Å². The van der Waals surface area contributed by atoms with Gasteiger partial charge in [0.2, 0.25) is 0 Å². The van der Waals surface area contributed by atoms with Gasteiger partial charge in [-0.05, 0) is 36.7 Å². The van der Waals surface area contributed by atoms with E-state index in [-0.39, 0.29) is 12.4 Å². The number of hydrogen-bond acceptors (Lipinski definition) is 3. The number of nitrogens with two attached hydrogens (primary N) is 1. The first-order valence-electron chi connectivity index (χ1n) is 4.74. The van der Waals surface area contributed by atoms with Crippen molar-refractivity contribution in [2.45, 2.75) is 13.0 Å². The summed E-state index contributed by atoms with van der Waals surface area (Å²) in [7, 11) is 0. The van der Waals surface area contributed by atoms with E-state index in [0.717, 1.165) is 6.42 Å². The molecule has 0 radical (unpaired) electrons. The lowest BCUT2D eigenvalue weighted by atomic mass is 10.1. The van der Waals surface area contributed by atoms with Crippen molar-refractivity contribution < 1.29 is 9.13 Å². The number of nitriles is 1. The molecule has 4 heteroatoms. The molecule has 0 atom stereocenters. The Morgan fingerprint density at radius 3 is 2.93 bits per heavy atom. The largest absolute Gasteiger partial charge is 0.377 e. The molecule has 1 aromatic rings. The quantitative estimate of drug-likeness (QED) is 0.747. The van der Waals surface area contributed by atoms with Gasteiger partial charge in [-0.1, -0.05) is 0 Å². The molecule has 0 unspecified atom stereocenters. The van der Waals surface area contributed by atoms with Crippen LogP contribution in [0.2, 0.25) is 0 Å². The fraction of sp³-hybridized carbons (Fsp3) is 0.364. The number of hydrogen-bond donors (Lipinski definition) is 1. The summed E-state index contributed by atoms with van der Waals surface area (Å²) in [6.45, 7) is 1.34. The maximum Gasteiger partial charge on any atom is 0.123 e. The minimum absolute atomic E-state index is 0.251. The average Bonchev–Trinajstić information content (AvgIpc) is 2.25. The molecule has 1 rings (SSSR count). The summed E-state index contributed by atoms with van der Waals surface area (Å²) in [5.41, 5.74) is 6.32. The third-order valence-electron chi connectivity index (χ3n) is 1.94. The molecule has 0 amide bonds. The van der Waals surface area contributed by atoms with Gasteiger partial charge in [-0.3, -0.25) is 0 Å². The SMILES string of the molecule is N#Cc1ccc(F)cc1COCCCN. The van der Waals surface area contributed by atoms with Crippen molar-refractivity contribution in [2.75, 3.05) is 13.2 Å². The van der Waals surface area contributed by atoms with Crippen molar-refractivity contribution >= 4 is 0 Å². The second kappa shape index (κ2) is 6.12. The third-order valence-corrected chi connectivity index (χ3v) is 1.94. The van der Waals surface area contributed by atoms with Crippen LogP contribution in [-0.2, 0) is 11.3 Å². The first-order valence-corrected chi connectivity index (χ1v) is 4.74. The van der Waals surface area contributed by atoms with E-state index in [4.69, 9.17) is 15.7 Å². The third kappa shape index (κ3) is 3.66. The summed E-state index contributed by atoms with van der Waals surface area (Å²) in [6.07, 6.45) is 0.761. The highest BCUT2D eigenvalue weighted by Gasteiger charge is 2.03. The topological polar surface area (TPSA) is 59.0 Å². The number of benzene rings is 1. The average molecular weight is 208 g/mol. The maximum atomic E-state index is 12.9. The van der Waals surface area contributed by atoms with Crippen molar-refractivity contribution in [3.8, 4) is 6.07 Å². The molecule has 3 nitrogen and oxygen atoms in total. The summed E-state index contributed by atoms with van der Waals surface area (Å²) in [4.78, 5) is 0.